The van der Waals surface area contributed by atoms with E-state index in [-0.39, 0.29) is 0 Å². The second-order valence-corrected chi connectivity index (χ2v) is 4.85. The van der Waals surface area contributed by atoms with Gasteiger partial charge in [-0.25, -0.2) is 0 Å². The summed E-state index contributed by atoms with van der Waals surface area (Å²) in [5.74, 6) is 0. The molecule has 1 N–H and O–H groups in total. The molecular formula is C14H23N. The molecule has 1 aliphatic carbocycles. The topological polar surface area (TPSA) is 15.8 Å². The Morgan fingerprint density at radius 3 is 2.67 bits per heavy atom. The van der Waals surface area contributed by atoms with Crippen molar-refractivity contribution in [2.45, 2.75) is 65.2 Å². The highest BCUT2D eigenvalue weighted by Gasteiger charge is 2.16. The number of unbranched alkanes of at least 4 members (excludes halogenated alkanes) is 2. The van der Waals surface area contributed by atoms with Crippen LogP contribution in [0.2, 0.25) is 0 Å². The standard InChI is InChI=1S/C14H23N/c1-3-4-5-9-13-11(2)12-8-6-7-10-14(12)15-13/h15H,3-10H2,1-2H3. The van der Waals surface area contributed by atoms with Crippen molar-refractivity contribution in [3.63, 3.8) is 0 Å². The number of H-pyrrole nitrogens is 1. The number of aromatic amines is 1. The maximum atomic E-state index is 3.66. The Bertz CT molecular complexity index is 322. The molecular weight excluding hydrogens is 182 g/mol. The fraction of sp³-hybridized carbons (Fsp3) is 0.714. The highest BCUT2D eigenvalue weighted by molar-refractivity contribution is 5.37. The molecule has 1 aromatic heterocycles. The van der Waals surface area contributed by atoms with Gasteiger partial charge in [0.15, 0.2) is 0 Å². The van der Waals surface area contributed by atoms with Gasteiger partial charge in [-0.15, -0.1) is 0 Å². The lowest BCUT2D eigenvalue weighted by Gasteiger charge is -2.10. The first-order valence-electron chi connectivity index (χ1n) is 6.52. The lowest BCUT2D eigenvalue weighted by molar-refractivity contribution is 0.673. The van der Waals surface area contributed by atoms with E-state index in [2.05, 4.69) is 18.8 Å². The zero-order valence-electron chi connectivity index (χ0n) is 10.2. The summed E-state index contributed by atoms with van der Waals surface area (Å²) in [4.78, 5) is 3.66. The zero-order chi connectivity index (χ0) is 10.7. The number of rotatable bonds is 4. The van der Waals surface area contributed by atoms with E-state index in [9.17, 15) is 0 Å². The van der Waals surface area contributed by atoms with Crippen LogP contribution in [-0.4, -0.2) is 4.98 Å². The van der Waals surface area contributed by atoms with Gasteiger partial charge in [-0.1, -0.05) is 19.8 Å². The Labute approximate surface area is 93.3 Å². The molecule has 1 aliphatic rings. The van der Waals surface area contributed by atoms with Gasteiger partial charge in [0.2, 0.25) is 0 Å². The summed E-state index contributed by atoms with van der Waals surface area (Å²) in [5.41, 5.74) is 6.29. The van der Waals surface area contributed by atoms with Crippen molar-refractivity contribution in [3.8, 4) is 0 Å². The van der Waals surface area contributed by atoms with Gasteiger partial charge >= 0.3 is 0 Å². The Kier molecular flexibility index (Phi) is 3.50. The minimum Gasteiger partial charge on any atom is -0.362 e. The van der Waals surface area contributed by atoms with E-state index < -0.39 is 0 Å². The molecule has 2 rings (SSSR count). The number of aromatic nitrogens is 1. The number of hydrogen-bond donors (Lipinski definition) is 1. The van der Waals surface area contributed by atoms with E-state index in [4.69, 9.17) is 0 Å². The maximum Gasteiger partial charge on any atom is 0.0184 e. The van der Waals surface area contributed by atoms with Crippen molar-refractivity contribution >= 4 is 0 Å². The van der Waals surface area contributed by atoms with Crippen LogP contribution < -0.4 is 0 Å². The molecule has 0 aromatic carbocycles. The van der Waals surface area contributed by atoms with Crippen LogP contribution in [-0.2, 0) is 19.3 Å². The van der Waals surface area contributed by atoms with Gasteiger partial charge in [-0.05, 0) is 56.6 Å². The Morgan fingerprint density at radius 2 is 1.93 bits per heavy atom. The smallest absolute Gasteiger partial charge is 0.0184 e. The predicted molar refractivity (Wildman–Crippen MR) is 65.4 cm³/mol. The number of nitrogens with one attached hydrogen (secondary N) is 1. The molecule has 1 heterocycles. The number of fused-ring (bicyclic) bond motifs is 1. The van der Waals surface area contributed by atoms with E-state index in [0.717, 1.165) is 0 Å². The summed E-state index contributed by atoms with van der Waals surface area (Å²) in [6.45, 7) is 4.58. The molecule has 0 saturated carbocycles. The summed E-state index contributed by atoms with van der Waals surface area (Å²) < 4.78 is 0. The van der Waals surface area contributed by atoms with Crippen LogP contribution in [0.1, 0.15) is 61.5 Å². The van der Waals surface area contributed by atoms with Crippen LogP contribution >= 0.6 is 0 Å². The first-order chi connectivity index (χ1) is 7.33. The monoisotopic (exact) mass is 205 g/mol. The SMILES string of the molecule is CCCCCc1[nH]c2c(c1C)CCCC2. The summed E-state index contributed by atoms with van der Waals surface area (Å²) in [6.07, 6.45) is 10.6. The zero-order valence-corrected chi connectivity index (χ0v) is 10.2. The molecule has 0 amide bonds. The molecule has 1 nitrogen and oxygen atoms in total. The van der Waals surface area contributed by atoms with Crippen LogP contribution in [0, 0.1) is 6.92 Å². The fourth-order valence-corrected chi connectivity index (χ4v) is 2.72. The minimum atomic E-state index is 1.26. The first kappa shape index (κ1) is 10.8. The third-order valence-electron chi connectivity index (χ3n) is 3.71. The van der Waals surface area contributed by atoms with Crippen molar-refractivity contribution in [1.29, 1.82) is 0 Å². The first-order valence-corrected chi connectivity index (χ1v) is 6.52. The van der Waals surface area contributed by atoms with E-state index in [0.29, 0.717) is 0 Å². The van der Waals surface area contributed by atoms with E-state index in [1.165, 1.54) is 57.1 Å². The molecule has 0 saturated heterocycles. The van der Waals surface area contributed by atoms with Gasteiger partial charge < -0.3 is 4.98 Å². The summed E-state index contributed by atoms with van der Waals surface area (Å²) in [7, 11) is 0. The average molecular weight is 205 g/mol. The van der Waals surface area contributed by atoms with Crippen molar-refractivity contribution in [2.75, 3.05) is 0 Å². The van der Waals surface area contributed by atoms with Gasteiger partial charge in [0.1, 0.15) is 0 Å². The third kappa shape index (κ3) is 2.27. The quantitative estimate of drug-likeness (QED) is 0.717. The second kappa shape index (κ2) is 4.87. The molecule has 84 valence electrons. The van der Waals surface area contributed by atoms with Crippen LogP contribution in [0.4, 0.5) is 0 Å². The molecule has 0 spiro atoms. The highest BCUT2D eigenvalue weighted by atomic mass is 14.7. The Hall–Kier alpha value is -0.720. The van der Waals surface area contributed by atoms with Crippen molar-refractivity contribution < 1.29 is 0 Å². The Morgan fingerprint density at radius 1 is 1.13 bits per heavy atom. The molecule has 0 radical (unpaired) electrons. The van der Waals surface area contributed by atoms with E-state index in [1.54, 1.807) is 16.8 Å². The second-order valence-electron chi connectivity index (χ2n) is 4.85. The maximum absolute atomic E-state index is 3.66. The normalized spacial score (nSPS) is 15.3. The van der Waals surface area contributed by atoms with Crippen molar-refractivity contribution in [3.05, 3.63) is 22.5 Å². The molecule has 1 heteroatoms. The lowest BCUT2D eigenvalue weighted by Crippen LogP contribution is -2.00. The lowest BCUT2D eigenvalue weighted by atomic mass is 9.94. The molecule has 0 fully saturated rings. The van der Waals surface area contributed by atoms with Gasteiger partial charge in [0.05, 0.1) is 0 Å². The van der Waals surface area contributed by atoms with E-state index >= 15 is 0 Å². The minimum absolute atomic E-state index is 1.26. The third-order valence-corrected chi connectivity index (χ3v) is 3.71. The van der Waals surface area contributed by atoms with Crippen molar-refractivity contribution in [2.24, 2.45) is 0 Å². The fourth-order valence-electron chi connectivity index (χ4n) is 2.72. The van der Waals surface area contributed by atoms with Crippen LogP contribution in [0.15, 0.2) is 0 Å². The molecule has 0 unspecified atom stereocenters. The van der Waals surface area contributed by atoms with Crippen LogP contribution in [0.3, 0.4) is 0 Å². The number of hydrogen-bond acceptors (Lipinski definition) is 0. The van der Waals surface area contributed by atoms with Crippen LogP contribution in [0.5, 0.6) is 0 Å². The van der Waals surface area contributed by atoms with Crippen molar-refractivity contribution in [1.82, 2.24) is 4.98 Å². The molecule has 15 heavy (non-hydrogen) atoms. The van der Waals surface area contributed by atoms with Gasteiger partial charge in [0.25, 0.3) is 0 Å². The van der Waals surface area contributed by atoms with Gasteiger partial charge in [-0.2, -0.15) is 0 Å². The molecule has 0 bridgehead atoms. The predicted octanol–water partition coefficient (Wildman–Crippen LogP) is 3.93. The summed E-state index contributed by atoms with van der Waals surface area (Å²) >= 11 is 0. The van der Waals surface area contributed by atoms with Gasteiger partial charge in [0, 0.05) is 11.4 Å². The summed E-state index contributed by atoms with van der Waals surface area (Å²) in [6, 6.07) is 0. The summed E-state index contributed by atoms with van der Waals surface area (Å²) in [5, 5.41) is 0. The van der Waals surface area contributed by atoms with E-state index in [1.807, 2.05) is 0 Å². The number of aryl methyl sites for hydroxylation is 2. The molecule has 0 aliphatic heterocycles. The van der Waals surface area contributed by atoms with Crippen LogP contribution in [0.25, 0.3) is 0 Å². The average Bonchev–Trinajstić information content (AvgIpc) is 2.57. The van der Waals surface area contributed by atoms with Gasteiger partial charge in [-0.3, -0.25) is 0 Å². The largest absolute Gasteiger partial charge is 0.362 e. The Balaban J connectivity index is 2.07. The molecule has 0 atom stereocenters. The molecule has 1 aromatic rings. The highest BCUT2D eigenvalue weighted by Crippen LogP contribution is 2.27.